The number of oxime groups is 1. The van der Waals surface area contributed by atoms with E-state index in [1.807, 2.05) is 48.5 Å². The fourth-order valence-electron chi connectivity index (χ4n) is 3.96. The van der Waals surface area contributed by atoms with Gasteiger partial charge in [-0.3, -0.25) is 4.90 Å². The summed E-state index contributed by atoms with van der Waals surface area (Å²) in [7, 11) is 0. The van der Waals surface area contributed by atoms with Crippen LogP contribution in [0, 0.1) is 5.82 Å². The smallest absolute Gasteiger partial charge is 0.145 e. The minimum Gasteiger partial charge on any atom is -0.391 e. The summed E-state index contributed by atoms with van der Waals surface area (Å²) in [4.78, 5) is 7.83. The molecule has 0 bridgehead atoms. The van der Waals surface area contributed by atoms with Crippen LogP contribution in [0.4, 0.5) is 4.39 Å². The van der Waals surface area contributed by atoms with Crippen LogP contribution in [0.2, 0.25) is 0 Å². The molecule has 0 spiro atoms. The van der Waals surface area contributed by atoms with Gasteiger partial charge < -0.3 is 9.94 Å². The van der Waals surface area contributed by atoms with E-state index in [-0.39, 0.29) is 11.9 Å². The van der Waals surface area contributed by atoms with Crippen molar-refractivity contribution in [3.8, 4) is 0 Å². The molecule has 4 rings (SSSR count). The maximum Gasteiger partial charge on any atom is 0.145 e. The van der Waals surface area contributed by atoms with Crippen LogP contribution in [0.5, 0.6) is 0 Å². The van der Waals surface area contributed by atoms with Crippen molar-refractivity contribution >= 4 is 5.71 Å². The zero-order chi connectivity index (χ0) is 21.5. The van der Waals surface area contributed by atoms with Crippen LogP contribution in [0.1, 0.15) is 23.1 Å². The molecule has 4 nitrogen and oxygen atoms in total. The molecule has 5 heteroatoms. The first-order chi connectivity index (χ1) is 15.2. The van der Waals surface area contributed by atoms with E-state index < -0.39 is 6.10 Å². The Morgan fingerprint density at radius 1 is 0.935 bits per heavy atom. The van der Waals surface area contributed by atoms with Crippen LogP contribution in [-0.4, -0.2) is 41.0 Å². The Labute approximate surface area is 182 Å². The summed E-state index contributed by atoms with van der Waals surface area (Å²) in [5.74, 6) is -0.287. The van der Waals surface area contributed by atoms with Crippen molar-refractivity contribution in [2.45, 2.75) is 31.6 Å². The molecular weight excluding hydrogens is 391 g/mol. The molecule has 0 saturated carbocycles. The Kier molecular flexibility index (Phi) is 7.07. The molecule has 160 valence electrons. The number of hydrogen-bond acceptors (Lipinski definition) is 4. The Morgan fingerprint density at radius 3 is 2.29 bits per heavy atom. The summed E-state index contributed by atoms with van der Waals surface area (Å²) in [5, 5.41) is 14.9. The second kappa shape index (κ2) is 10.3. The monoisotopic (exact) mass is 418 g/mol. The third kappa shape index (κ3) is 6.00. The summed E-state index contributed by atoms with van der Waals surface area (Å²) in [6.45, 7) is 1.81. The van der Waals surface area contributed by atoms with Crippen molar-refractivity contribution in [3.63, 3.8) is 0 Å². The highest BCUT2D eigenvalue weighted by Gasteiger charge is 2.27. The molecular formula is C26H27FN2O2. The first-order valence-electron chi connectivity index (χ1n) is 10.6. The van der Waals surface area contributed by atoms with Crippen LogP contribution in [0.25, 0.3) is 0 Å². The zero-order valence-electron chi connectivity index (χ0n) is 17.4. The van der Waals surface area contributed by atoms with E-state index in [2.05, 4.69) is 22.2 Å². The van der Waals surface area contributed by atoms with Gasteiger partial charge in [-0.05, 0) is 23.6 Å². The lowest BCUT2D eigenvalue weighted by Gasteiger charge is -2.27. The molecule has 0 fully saturated rings. The Balaban J connectivity index is 1.40. The SMILES string of the molecule is OC(Cc1ccccc1)CN(Cc1ccccc1)CC1CC(c2ccccc2F)=NO1. The molecule has 31 heavy (non-hydrogen) atoms. The van der Waals surface area contributed by atoms with Gasteiger partial charge in [0.15, 0.2) is 0 Å². The molecule has 0 aliphatic carbocycles. The van der Waals surface area contributed by atoms with Crippen molar-refractivity contribution in [2.24, 2.45) is 5.16 Å². The van der Waals surface area contributed by atoms with E-state index in [4.69, 9.17) is 4.84 Å². The van der Waals surface area contributed by atoms with E-state index in [9.17, 15) is 9.50 Å². The zero-order valence-corrected chi connectivity index (χ0v) is 17.4. The predicted octanol–water partition coefficient (Wildman–Crippen LogP) is 4.42. The molecule has 2 atom stereocenters. The van der Waals surface area contributed by atoms with Crippen LogP contribution in [-0.2, 0) is 17.8 Å². The fourth-order valence-corrected chi connectivity index (χ4v) is 3.96. The summed E-state index contributed by atoms with van der Waals surface area (Å²) in [5.41, 5.74) is 3.40. The molecule has 1 N–H and O–H groups in total. The topological polar surface area (TPSA) is 45.1 Å². The first-order valence-corrected chi connectivity index (χ1v) is 10.6. The lowest BCUT2D eigenvalue weighted by molar-refractivity contribution is 0.0322. The number of nitrogens with zero attached hydrogens (tertiary/aromatic N) is 2. The molecule has 0 radical (unpaired) electrons. The van der Waals surface area contributed by atoms with Crippen molar-refractivity contribution in [3.05, 3.63) is 107 Å². The summed E-state index contributed by atoms with van der Waals surface area (Å²) in [6, 6.07) is 26.8. The van der Waals surface area contributed by atoms with Crippen LogP contribution < -0.4 is 0 Å². The Bertz CT molecular complexity index is 995. The lowest BCUT2D eigenvalue weighted by Crippen LogP contribution is -2.38. The van der Waals surface area contributed by atoms with Gasteiger partial charge >= 0.3 is 0 Å². The number of aliphatic hydroxyl groups excluding tert-OH is 1. The van der Waals surface area contributed by atoms with Crippen molar-refractivity contribution in [2.75, 3.05) is 13.1 Å². The minimum absolute atomic E-state index is 0.178. The van der Waals surface area contributed by atoms with Crippen molar-refractivity contribution < 1.29 is 14.3 Å². The van der Waals surface area contributed by atoms with Crippen molar-refractivity contribution in [1.82, 2.24) is 4.90 Å². The Hall–Kier alpha value is -3.02. The van der Waals surface area contributed by atoms with E-state index in [0.29, 0.717) is 43.8 Å². The van der Waals surface area contributed by atoms with Gasteiger partial charge in [-0.15, -0.1) is 0 Å². The maximum absolute atomic E-state index is 14.1. The molecule has 1 heterocycles. The molecule has 3 aromatic rings. The van der Waals surface area contributed by atoms with E-state index in [0.717, 1.165) is 5.56 Å². The average molecular weight is 419 g/mol. The van der Waals surface area contributed by atoms with E-state index in [1.165, 1.54) is 11.6 Å². The third-order valence-electron chi connectivity index (χ3n) is 5.41. The van der Waals surface area contributed by atoms with Gasteiger partial charge in [0.05, 0.1) is 11.8 Å². The third-order valence-corrected chi connectivity index (χ3v) is 5.41. The first kappa shape index (κ1) is 21.2. The molecule has 0 aromatic heterocycles. The normalized spacial score (nSPS) is 16.7. The maximum atomic E-state index is 14.1. The van der Waals surface area contributed by atoms with Crippen LogP contribution in [0.15, 0.2) is 90.1 Å². The molecule has 2 unspecified atom stereocenters. The highest BCUT2D eigenvalue weighted by atomic mass is 19.1. The van der Waals surface area contributed by atoms with Gasteiger partial charge in [0.1, 0.15) is 11.9 Å². The number of halogens is 1. The average Bonchev–Trinajstić information content (AvgIpc) is 3.23. The molecule has 1 aliphatic heterocycles. The van der Waals surface area contributed by atoms with E-state index in [1.54, 1.807) is 18.2 Å². The summed E-state index contributed by atoms with van der Waals surface area (Å²) in [6.07, 6.45) is 0.456. The number of benzene rings is 3. The largest absolute Gasteiger partial charge is 0.391 e. The summed E-state index contributed by atoms with van der Waals surface area (Å²) >= 11 is 0. The van der Waals surface area contributed by atoms with Gasteiger partial charge in [-0.2, -0.15) is 0 Å². The highest BCUT2D eigenvalue weighted by molar-refractivity contribution is 6.01. The van der Waals surface area contributed by atoms with E-state index >= 15 is 0 Å². The molecule has 1 aliphatic rings. The van der Waals surface area contributed by atoms with Crippen LogP contribution in [0.3, 0.4) is 0 Å². The molecule has 3 aromatic carbocycles. The molecule has 0 amide bonds. The molecule has 0 saturated heterocycles. The van der Waals surface area contributed by atoms with Gasteiger partial charge in [0.25, 0.3) is 0 Å². The van der Waals surface area contributed by atoms with Gasteiger partial charge in [-0.25, -0.2) is 4.39 Å². The van der Waals surface area contributed by atoms with Crippen LogP contribution >= 0.6 is 0 Å². The van der Waals surface area contributed by atoms with Gasteiger partial charge in [0, 0.05) is 31.6 Å². The fraction of sp³-hybridized carbons (Fsp3) is 0.269. The number of rotatable bonds is 9. The minimum atomic E-state index is -0.500. The lowest BCUT2D eigenvalue weighted by atomic mass is 10.0. The van der Waals surface area contributed by atoms with Gasteiger partial charge in [0.2, 0.25) is 0 Å². The number of hydrogen-bond donors (Lipinski definition) is 1. The Morgan fingerprint density at radius 2 is 1.58 bits per heavy atom. The number of aliphatic hydroxyl groups is 1. The second-order valence-electron chi connectivity index (χ2n) is 7.97. The summed E-state index contributed by atoms with van der Waals surface area (Å²) < 4.78 is 14.1. The van der Waals surface area contributed by atoms with Gasteiger partial charge in [-0.1, -0.05) is 84.0 Å². The standard InChI is InChI=1S/C26H27FN2O2/c27-25-14-8-7-13-24(25)26-16-23(31-28-26)19-29(17-21-11-5-2-6-12-21)18-22(30)15-20-9-3-1-4-10-20/h1-14,22-23,30H,15-19H2. The highest BCUT2D eigenvalue weighted by Crippen LogP contribution is 2.21. The van der Waals surface area contributed by atoms with Crippen molar-refractivity contribution in [1.29, 1.82) is 0 Å². The predicted molar refractivity (Wildman–Crippen MR) is 120 cm³/mol. The second-order valence-corrected chi connectivity index (χ2v) is 7.97. The quantitative estimate of drug-likeness (QED) is 0.559.